The Bertz CT molecular complexity index is 576. The fraction of sp³-hybridized carbons (Fsp3) is 0.429. The molecule has 4 nitrogen and oxygen atoms in total. The summed E-state index contributed by atoms with van der Waals surface area (Å²) in [6, 6.07) is 6.21. The van der Waals surface area contributed by atoms with E-state index >= 15 is 0 Å². The van der Waals surface area contributed by atoms with Crippen LogP contribution in [0.4, 0.5) is 11.5 Å². The molecule has 1 aromatic carbocycles. The summed E-state index contributed by atoms with van der Waals surface area (Å²) in [5, 5.41) is 5.32. The molecule has 1 atom stereocenters. The van der Waals surface area contributed by atoms with E-state index in [0.29, 0.717) is 17.6 Å². The van der Waals surface area contributed by atoms with Crippen LogP contribution in [0, 0.1) is 0 Å². The Balaban J connectivity index is 2.44. The zero-order valence-electron chi connectivity index (χ0n) is 11.4. The molecule has 0 bridgehead atoms. The van der Waals surface area contributed by atoms with Gasteiger partial charge in [-0.25, -0.2) is 0 Å². The van der Waals surface area contributed by atoms with E-state index in [9.17, 15) is 0 Å². The summed E-state index contributed by atoms with van der Waals surface area (Å²) in [4.78, 5) is 0. The first kappa shape index (κ1) is 14.0. The number of nitrogens with one attached hydrogen (secondary N) is 1. The van der Waals surface area contributed by atoms with Gasteiger partial charge in [0.05, 0.1) is 5.52 Å². The van der Waals surface area contributed by atoms with Gasteiger partial charge in [-0.05, 0) is 37.6 Å². The Morgan fingerprint density at radius 2 is 2.11 bits per heavy atom. The second-order valence-electron chi connectivity index (χ2n) is 4.84. The van der Waals surface area contributed by atoms with Crippen LogP contribution >= 0.6 is 11.6 Å². The third kappa shape index (κ3) is 2.80. The highest BCUT2D eigenvalue weighted by Crippen LogP contribution is 2.32. The van der Waals surface area contributed by atoms with Crippen molar-refractivity contribution in [3.8, 4) is 0 Å². The van der Waals surface area contributed by atoms with Crippen LogP contribution in [0.3, 0.4) is 0 Å². The summed E-state index contributed by atoms with van der Waals surface area (Å²) in [6.45, 7) is 2.82. The Morgan fingerprint density at radius 1 is 1.37 bits per heavy atom. The number of halogens is 1. The van der Waals surface area contributed by atoms with E-state index in [4.69, 9.17) is 23.1 Å². The van der Waals surface area contributed by atoms with E-state index in [1.807, 2.05) is 29.8 Å². The number of fused-ring (bicyclic) bond motifs is 1. The van der Waals surface area contributed by atoms with Crippen molar-refractivity contribution < 1.29 is 0 Å². The predicted molar refractivity (Wildman–Crippen MR) is 83.7 cm³/mol. The van der Waals surface area contributed by atoms with Crippen LogP contribution in [-0.4, -0.2) is 17.2 Å². The van der Waals surface area contributed by atoms with Crippen LogP contribution in [-0.2, 0) is 7.05 Å². The summed E-state index contributed by atoms with van der Waals surface area (Å²) < 4.78 is 1.94. The van der Waals surface area contributed by atoms with E-state index < -0.39 is 0 Å². The highest BCUT2D eigenvalue weighted by atomic mass is 35.5. The number of hydrogen-bond donors (Lipinski definition) is 3. The molecule has 0 radical (unpaired) electrons. The molecular weight excluding hydrogens is 260 g/mol. The number of aryl methyl sites for hydroxylation is 1. The first-order valence-corrected chi connectivity index (χ1v) is 6.95. The van der Waals surface area contributed by atoms with Crippen molar-refractivity contribution in [2.24, 2.45) is 12.8 Å². The van der Waals surface area contributed by atoms with Crippen molar-refractivity contribution in [1.82, 2.24) is 4.57 Å². The maximum atomic E-state index is 6.19. The molecule has 0 fully saturated rings. The van der Waals surface area contributed by atoms with Gasteiger partial charge in [-0.2, -0.15) is 0 Å². The van der Waals surface area contributed by atoms with Gasteiger partial charge >= 0.3 is 0 Å². The largest absolute Gasteiger partial charge is 0.385 e. The molecule has 19 heavy (non-hydrogen) atoms. The molecule has 0 aliphatic rings. The molecular formula is C14H21ClN4. The van der Waals surface area contributed by atoms with Crippen LogP contribution in [0.25, 0.3) is 10.9 Å². The smallest absolute Gasteiger partial charge is 0.104 e. The number of hydrogen-bond acceptors (Lipinski definition) is 3. The number of rotatable bonds is 5. The average Bonchev–Trinajstić information content (AvgIpc) is 2.66. The fourth-order valence-corrected chi connectivity index (χ4v) is 2.55. The van der Waals surface area contributed by atoms with Crippen molar-refractivity contribution in [2.45, 2.75) is 25.8 Å². The number of anilines is 2. The highest BCUT2D eigenvalue weighted by Gasteiger charge is 2.12. The Hall–Kier alpha value is -1.39. The first-order chi connectivity index (χ1) is 9.06. The fourth-order valence-electron chi connectivity index (χ4n) is 2.34. The van der Waals surface area contributed by atoms with Gasteiger partial charge in [-0.3, -0.25) is 0 Å². The molecule has 0 spiro atoms. The Morgan fingerprint density at radius 3 is 2.74 bits per heavy atom. The molecule has 1 aromatic heterocycles. The lowest BCUT2D eigenvalue weighted by Crippen LogP contribution is -2.22. The molecule has 0 saturated carbocycles. The maximum Gasteiger partial charge on any atom is 0.104 e. The minimum Gasteiger partial charge on any atom is -0.385 e. The number of nitrogen functional groups attached to an aromatic ring is 1. The van der Waals surface area contributed by atoms with Crippen molar-refractivity contribution in [1.29, 1.82) is 0 Å². The van der Waals surface area contributed by atoms with Gasteiger partial charge in [0.1, 0.15) is 5.82 Å². The topological polar surface area (TPSA) is 69.0 Å². The minimum atomic E-state index is 0.355. The summed E-state index contributed by atoms with van der Waals surface area (Å²) in [5.41, 5.74) is 13.7. The van der Waals surface area contributed by atoms with Crippen molar-refractivity contribution in [3.63, 3.8) is 0 Å². The van der Waals surface area contributed by atoms with Crippen LogP contribution in [0.1, 0.15) is 19.8 Å². The lowest BCUT2D eigenvalue weighted by atomic mass is 10.1. The van der Waals surface area contributed by atoms with Gasteiger partial charge in [0.25, 0.3) is 0 Å². The van der Waals surface area contributed by atoms with Gasteiger partial charge in [0.15, 0.2) is 0 Å². The number of nitrogens with two attached hydrogens (primary N) is 2. The van der Waals surface area contributed by atoms with Crippen LogP contribution in [0.2, 0.25) is 5.02 Å². The quantitative estimate of drug-likeness (QED) is 0.789. The molecule has 5 N–H and O–H groups in total. The number of aromatic nitrogens is 1. The monoisotopic (exact) mass is 280 g/mol. The summed E-state index contributed by atoms with van der Waals surface area (Å²) >= 11 is 6.19. The molecule has 2 rings (SSSR count). The minimum absolute atomic E-state index is 0.355. The zero-order chi connectivity index (χ0) is 14.0. The first-order valence-electron chi connectivity index (χ1n) is 6.57. The zero-order valence-corrected chi connectivity index (χ0v) is 12.2. The number of benzene rings is 1. The second kappa shape index (κ2) is 5.72. The van der Waals surface area contributed by atoms with Crippen LogP contribution in [0.15, 0.2) is 18.2 Å². The molecule has 0 amide bonds. The number of nitrogens with zero attached hydrogens (tertiary/aromatic N) is 1. The SMILES string of the molecule is CCC(CCN)Nc1cc(Cl)cc2c1cc(N)n2C. The Labute approximate surface area is 118 Å². The van der Waals surface area contributed by atoms with Gasteiger partial charge in [-0.15, -0.1) is 0 Å². The van der Waals surface area contributed by atoms with Crippen molar-refractivity contribution in [2.75, 3.05) is 17.6 Å². The lowest BCUT2D eigenvalue weighted by Gasteiger charge is -2.18. The van der Waals surface area contributed by atoms with Crippen molar-refractivity contribution >= 4 is 34.0 Å². The van der Waals surface area contributed by atoms with E-state index in [1.54, 1.807) is 0 Å². The Kier molecular flexibility index (Phi) is 4.22. The van der Waals surface area contributed by atoms with Gasteiger partial charge in [0, 0.05) is 29.2 Å². The van der Waals surface area contributed by atoms with Gasteiger partial charge < -0.3 is 21.4 Å². The third-order valence-corrected chi connectivity index (χ3v) is 3.75. The van der Waals surface area contributed by atoms with Gasteiger partial charge in [0.2, 0.25) is 0 Å². The average molecular weight is 281 g/mol. The molecule has 1 heterocycles. The van der Waals surface area contributed by atoms with E-state index in [2.05, 4.69) is 12.2 Å². The molecule has 104 valence electrons. The van der Waals surface area contributed by atoms with Crippen LogP contribution < -0.4 is 16.8 Å². The summed E-state index contributed by atoms with van der Waals surface area (Å²) in [7, 11) is 1.94. The molecule has 0 saturated heterocycles. The second-order valence-corrected chi connectivity index (χ2v) is 5.28. The summed E-state index contributed by atoms with van der Waals surface area (Å²) in [5.74, 6) is 0.729. The maximum absolute atomic E-state index is 6.19. The summed E-state index contributed by atoms with van der Waals surface area (Å²) in [6.07, 6.45) is 1.96. The molecule has 0 aliphatic heterocycles. The lowest BCUT2D eigenvalue weighted by molar-refractivity contribution is 0.643. The molecule has 0 aliphatic carbocycles. The molecule has 5 heteroatoms. The standard InChI is InChI=1S/C14H21ClN4/c1-3-10(4-5-16)18-12-6-9(15)7-13-11(12)8-14(17)19(13)2/h6-8,10,18H,3-5,16-17H2,1-2H3. The third-order valence-electron chi connectivity index (χ3n) is 3.53. The predicted octanol–water partition coefficient (Wildman–Crippen LogP) is 2.95. The van der Waals surface area contributed by atoms with Crippen LogP contribution in [0.5, 0.6) is 0 Å². The normalized spacial score (nSPS) is 12.8. The van der Waals surface area contributed by atoms with Crippen molar-refractivity contribution in [3.05, 3.63) is 23.2 Å². The molecule has 2 aromatic rings. The van der Waals surface area contributed by atoms with E-state index in [0.717, 1.165) is 35.2 Å². The van der Waals surface area contributed by atoms with E-state index in [1.165, 1.54) is 0 Å². The molecule has 1 unspecified atom stereocenters. The highest BCUT2D eigenvalue weighted by molar-refractivity contribution is 6.32. The van der Waals surface area contributed by atoms with E-state index in [-0.39, 0.29) is 0 Å². The van der Waals surface area contributed by atoms with Gasteiger partial charge in [-0.1, -0.05) is 18.5 Å².